The molecule has 0 saturated heterocycles. The molecule has 0 saturated carbocycles. The van der Waals surface area contributed by atoms with Crippen LogP contribution in [0.2, 0.25) is 5.02 Å². The maximum absolute atomic E-state index is 11.2. The lowest BCUT2D eigenvalue weighted by molar-refractivity contribution is -0.148. The normalized spacial score (nSPS) is 9.73. The fourth-order valence-electron chi connectivity index (χ4n) is 1.05. The minimum atomic E-state index is -1.51. The first-order chi connectivity index (χ1) is 7.06. The Balaban J connectivity index is 2.97. The molecule has 0 fully saturated rings. The zero-order chi connectivity index (χ0) is 11.4. The molecule has 15 heavy (non-hydrogen) atoms. The van der Waals surface area contributed by atoms with Crippen LogP contribution in [0.5, 0.6) is 0 Å². The molecule has 1 aromatic rings. The first kappa shape index (κ1) is 11.5. The number of rotatable bonds is 2. The summed E-state index contributed by atoms with van der Waals surface area (Å²) in [6, 6.07) is 3.04. The Hall–Kier alpha value is -1.62. The molecule has 6 heteroatoms. The van der Waals surface area contributed by atoms with Crippen LogP contribution in [0.15, 0.2) is 18.3 Å². The van der Waals surface area contributed by atoms with Gasteiger partial charge in [0.15, 0.2) is 0 Å². The average molecular weight is 229 g/mol. The smallest absolute Gasteiger partial charge is 0.395 e. The Labute approximate surface area is 91.3 Å². The van der Waals surface area contributed by atoms with Gasteiger partial charge in [0.25, 0.3) is 0 Å². The molecular weight excluding hydrogens is 220 g/mol. The van der Waals surface area contributed by atoms with E-state index in [-0.39, 0.29) is 12.4 Å². The van der Waals surface area contributed by atoms with Crippen LogP contribution in [0.4, 0.5) is 5.82 Å². The quantitative estimate of drug-likeness (QED) is 0.772. The molecule has 1 amide bonds. The Bertz CT molecular complexity index is 377. The Morgan fingerprint density at radius 2 is 2.20 bits per heavy atom. The molecule has 1 N–H and O–H groups in total. The Morgan fingerprint density at radius 3 is 2.60 bits per heavy atom. The highest BCUT2D eigenvalue weighted by atomic mass is 35.5. The van der Waals surface area contributed by atoms with Crippen LogP contribution in [0.3, 0.4) is 0 Å². The molecule has 0 radical (unpaired) electrons. The number of carbonyl (C=O) groups is 2. The van der Waals surface area contributed by atoms with Crippen LogP contribution < -0.4 is 4.90 Å². The van der Waals surface area contributed by atoms with Crippen molar-refractivity contribution in [3.05, 3.63) is 23.4 Å². The Morgan fingerprint density at radius 1 is 1.53 bits per heavy atom. The minimum Gasteiger partial charge on any atom is -0.474 e. The van der Waals surface area contributed by atoms with Gasteiger partial charge in [-0.1, -0.05) is 11.6 Å². The number of amides is 1. The molecule has 0 atom stereocenters. The lowest BCUT2D eigenvalue weighted by Crippen LogP contribution is -2.36. The van der Waals surface area contributed by atoms with Crippen LogP contribution in [0.1, 0.15) is 6.92 Å². The molecule has 1 aromatic heterocycles. The summed E-state index contributed by atoms with van der Waals surface area (Å²) in [7, 11) is 0. The molecule has 0 bridgehead atoms. The number of aromatic nitrogens is 1. The van der Waals surface area contributed by atoms with E-state index < -0.39 is 11.9 Å². The number of hydrogen-bond acceptors (Lipinski definition) is 3. The molecular formula is C9H9ClN2O3. The number of carbonyl (C=O) groups excluding carboxylic acids is 1. The Kier molecular flexibility index (Phi) is 3.62. The number of nitrogens with zero attached hydrogens (tertiary/aromatic N) is 2. The van der Waals surface area contributed by atoms with Crippen LogP contribution in [-0.4, -0.2) is 28.5 Å². The molecule has 0 aromatic carbocycles. The topological polar surface area (TPSA) is 70.5 Å². The predicted octanol–water partition coefficient (Wildman–Crippen LogP) is 1.17. The largest absolute Gasteiger partial charge is 0.474 e. The van der Waals surface area contributed by atoms with Crippen molar-refractivity contribution in [3.63, 3.8) is 0 Å². The number of pyridine rings is 1. The fourth-order valence-corrected chi connectivity index (χ4v) is 1.16. The third-order valence-corrected chi connectivity index (χ3v) is 1.96. The number of carboxylic acids is 1. The van der Waals surface area contributed by atoms with E-state index in [0.29, 0.717) is 5.02 Å². The molecule has 0 unspecified atom stereocenters. The maximum Gasteiger partial charge on any atom is 0.395 e. The summed E-state index contributed by atoms with van der Waals surface area (Å²) in [5, 5.41) is 8.98. The molecule has 0 aliphatic rings. The zero-order valence-electron chi connectivity index (χ0n) is 7.98. The second-order valence-electron chi connectivity index (χ2n) is 2.69. The molecule has 0 aliphatic carbocycles. The lowest BCUT2D eigenvalue weighted by atomic mass is 10.4. The van der Waals surface area contributed by atoms with Gasteiger partial charge in [0.05, 0.1) is 5.02 Å². The summed E-state index contributed by atoms with van der Waals surface area (Å²) in [6.45, 7) is 1.90. The first-order valence-electron chi connectivity index (χ1n) is 4.22. The summed E-state index contributed by atoms with van der Waals surface area (Å²) in [6.07, 6.45) is 1.36. The van der Waals surface area contributed by atoms with Gasteiger partial charge in [-0.05, 0) is 19.1 Å². The van der Waals surface area contributed by atoms with Crippen LogP contribution in [0, 0.1) is 0 Å². The van der Waals surface area contributed by atoms with Gasteiger partial charge >= 0.3 is 11.9 Å². The highest BCUT2D eigenvalue weighted by Gasteiger charge is 2.21. The van der Waals surface area contributed by atoms with Gasteiger partial charge in [-0.15, -0.1) is 0 Å². The SMILES string of the molecule is CCN(C(=O)C(=O)O)c1ccc(Cl)cn1. The van der Waals surface area contributed by atoms with Crippen molar-refractivity contribution in [2.45, 2.75) is 6.92 Å². The maximum atomic E-state index is 11.2. The monoisotopic (exact) mass is 228 g/mol. The standard InChI is InChI=1S/C9H9ClN2O3/c1-2-12(8(13)9(14)15)7-4-3-6(10)5-11-7/h3-5H,2H2,1H3,(H,14,15). The lowest BCUT2D eigenvalue weighted by Gasteiger charge is -2.16. The summed E-state index contributed by atoms with van der Waals surface area (Å²) < 4.78 is 0. The second-order valence-corrected chi connectivity index (χ2v) is 3.13. The van der Waals surface area contributed by atoms with Crippen molar-refractivity contribution >= 4 is 29.3 Å². The van der Waals surface area contributed by atoms with Crippen LogP contribution in [-0.2, 0) is 9.59 Å². The van der Waals surface area contributed by atoms with Gasteiger partial charge in [-0.2, -0.15) is 0 Å². The van der Waals surface area contributed by atoms with E-state index in [2.05, 4.69) is 4.98 Å². The van der Waals surface area contributed by atoms with E-state index >= 15 is 0 Å². The number of halogens is 1. The first-order valence-corrected chi connectivity index (χ1v) is 4.60. The van der Waals surface area contributed by atoms with Crippen molar-refractivity contribution in [1.82, 2.24) is 4.98 Å². The molecule has 0 spiro atoms. The summed E-state index contributed by atoms with van der Waals surface area (Å²) >= 11 is 5.62. The number of likely N-dealkylation sites (N-methyl/N-ethyl adjacent to an activating group) is 1. The molecule has 80 valence electrons. The van der Waals surface area contributed by atoms with E-state index in [1.165, 1.54) is 12.3 Å². The van der Waals surface area contributed by atoms with E-state index in [4.69, 9.17) is 16.7 Å². The fraction of sp³-hybridized carbons (Fsp3) is 0.222. The van der Waals surface area contributed by atoms with Gasteiger partial charge in [-0.25, -0.2) is 9.78 Å². The van der Waals surface area contributed by atoms with Crippen molar-refractivity contribution < 1.29 is 14.7 Å². The number of carboxylic acid groups (broad SMARTS) is 1. The molecule has 1 rings (SSSR count). The van der Waals surface area contributed by atoms with E-state index in [1.54, 1.807) is 13.0 Å². The van der Waals surface area contributed by atoms with Crippen LogP contribution >= 0.6 is 11.6 Å². The number of hydrogen-bond donors (Lipinski definition) is 1. The van der Waals surface area contributed by atoms with E-state index in [1.807, 2.05) is 0 Å². The number of anilines is 1. The van der Waals surface area contributed by atoms with Gasteiger partial charge in [0, 0.05) is 12.7 Å². The van der Waals surface area contributed by atoms with Crippen LogP contribution in [0.25, 0.3) is 0 Å². The van der Waals surface area contributed by atoms with Gasteiger partial charge < -0.3 is 5.11 Å². The van der Waals surface area contributed by atoms with E-state index in [9.17, 15) is 9.59 Å². The molecule has 1 heterocycles. The highest BCUT2D eigenvalue weighted by molar-refractivity contribution is 6.37. The van der Waals surface area contributed by atoms with Crippen molar-refractivity contribution in [2.75, 3.05) is 11.4 Å². The second kappa shape index (κ2) is 4.75. The zero-order valence-corrected chi connectivity index (χ0v) is 8.73. The minimum absolute atomic E-state index is 0.236. The summed E-state index contributed by atoms with van der Waals surface area (Å²) in [4.78, 5) is 26.6. The van der Waals surface area contributed by atoms with Crippen molar-refractivity contribution in [3.8, 4) is 0 Å². The van der Waals surface area contributed by atoms with Gasteiger partial charge in [0.2, 0.25) is 0 Å². The summed E-state index contributed by atoms with van der Waals surface area (Å²) in [5.41, 5.74) is 0. The predicted molar refractivity (Wildman–Crippen MR) is 54.9 cm³/mol. The van der Waals surface area contributed by atoms with Gasteiger partial charge in [0.1, 0.15) is 5.82 Å². The van der Waals surface area contributed by atoms with E-state index in [0.717, 1.165) is 4.90 Å². The van der Waals surface area contributed by atoms with Gasteiger partial charge in [-0.3, -0.25) is 9.69 Å². The third-order valence-electron chi connectivity index (χ3n) is 1.73. The highest BCUT2D eigenvalue weighted by Crippen LogP contribution is 2.14. The van der Waals surface area contributed by atoms with Crippen molar-refractivity contribution in [1.29, 1.82) is 0 Å². The van der Waals surface area contributed by atoms with Crippen molar-refractivity contribution in [2.24, 2.45) is 0 Å². The summed E-state index contributed by atoms with van der Waals surface area (Å²) in [5.74, 6) is -2.24. The average Bonchev–Trinajstić information content (AvgIpc) is 2.21. The molecule has 0 aliphatic heterocycles. The third kappa shape index (κ3) is 2.66. The molecule has 5 nitrogen and oxygen atoms in total. The number of aliphatic carboxylic acids is 1.